The van der Waals surface area contributed by atoms with Crippen LogP contribution in [0.1, 0.15) is 36.8 Å². The summed E-state index contributed by atoms with van der Waals surface area (Å²) < 4.78 is 5.52. The van der Waals surface area contributed by atoms with Crippen LogP contribution < -0.4 is 5.32 Å². The predicted molar refractivity (Wildman–Crippen MR) is 129 cm³/mol. The number of hydrogen-bond donors (Lipinski definition) is 1. The van der Waals surface area contributed by atoms with E-state index in [2.05, 4.69) is 5.32 Å². The van der Waals surface area contributed by atoms with Crippen molar-refractivity contribution in [2.45, 2.75) is 50.8 Å². The third-order valence-electron chi connectivity index (χ3n) is 6.52. The highest BCUT2D eigenvalue weighted by Crippen LogP contribution is 2.21. The minimum Gasteiger partial charge on any atom is -0.459 e. The molecule has 2 aliphatic heterocycles. The van der Waals surface area contributed by atoms with Gasteiger partial charge in [0.05, 0.1) is 0 Å². The van der Waals surface area contributed by atoms with Gasteiger partial charge in [0, 0.05) is 38.9 Å². The fourth-order valence-electron chi connectivity index (χ4n) is 4.55. The van der Waals surface area contributed by atoms with Crippen LogP contribution in [0.2, 0.25) is 0 Å². The van der Waals surface area contributed by atoms with Crippen LogP contribution in [-0.4, -0.2) is 65.2 Å². The van der Waals surface area contributed by atoms with Gasteiger partial charge in [-0.2, -0.15) is 0 Å². The molecule has 0 radical (unpaired) electrons. The maximum absolute atomic E-state index is 13.6. The van der Waals surface area contributed by atoms with Crippen molar-refractivity contribution in [1.82, 2.24) is 15.1 Å². The van der Waals surface area contributed by atoms with Crippen LogP contribution in [-0.2, 0) is 32.1 Å². The molecule has 2 aromatic rings. The molecule has 2 aromatic carbocycles. The molecule has 3 amide bonds. The number of hydrogen-bond acceptors (Lipinski definition) is 5. The molecular weight excluding hydrogens is 446 g/mol. The number of nitrogens with one attached hydrogen (secondary N) is 1. The summed E-state index contributed by atoms with van der Waals surface area (Å²) in [5, 5.41) is 2.88. The molecule has 35 heavy (non-hydrogen) atoms. The maximum Gasteiger partial charge on any atom is 0.329 e. The molecule has 0 spiro atoms. The number of carbonyl (C=O) groups is 4. The van der Waals surface area contributed by atoms with Crippen LogP contribution >= 0.6 is 0 Å². The van der Waals surface area contributed by atoms with Crippen molar-refractivity contribution in [3.05, 3.63) is 71.8 Å². The van der Waals surface area contributed by atoms with Crippen LogP contribution in [0.3, 0.4) is 0 Å². The number of esters is 1. The SMILES string of the molecule is O=C1CCN(C(=O)N[C@@H](Cc2ccccc2)C(=O)N2CCC[C@H]2C(=O)OCc2ccccc2)CC1. The number of carbonyl (C=O) groups excluding carboxylic acids is 4. The number of benzene rings is 2. The Hall–Kier alpha value is -3.68. The van der Waals surface area contributed by atoms with E-state index in [1.165, 1.54) is 0 Å². The van der Waals surface area contributed by atoms with E-state index in [0.29, 0.717) is 51.7 Å². The minimum atomic E-state index is -0.829. The number of Topliss-reactive ketones (excluding diaryl/α,β-unsaturated/α-hetero) is 1. The minimum absolute atomic E-state index is 0.139. The van der Waals surface area contributed by atoms with Gasteiger partial charge >= 0.3 is 12.0 Å². The Kier molecular flexibility index (Phi) is 8.13. The molecule has 8 heteroatoms. The van der Waals surface area contributed by atoms with Crippen molar-refractivity contribution >= 4 is 23.7 Å². The average molecular weight is 478 g/mol. The molecule has 1 N–H and O–H groups in total. The molecule has 2 heterocycles. The lowest BCUT2D eigenvalue weighted by Crippen LogP contribution is -2.56. The molecule has 0 bridgehead atoms. The van der Waals surface area contributed by atoms with E-state index >= 15 is 0 Å². The predicted octanol–water partition coefficient (Wildman–Crippen LogP) is 2.71. The summed E-state index contributed by atoms with van der Waals surface area (Å²) in [5.41, 5.74) is 1.79. The highest BCUT2D eigenvalue weighted by atomic mass is 16.5. The van der Waals surface area contributed by atoms with Crippen LogP contribution in [0.15, 0.2) is 60.7 Å². The van der Waals surface area contributed by atoms with Crippen LogP contribution in [0.25, 0.3) is 0 Å². The summed E-state index contributed by atoms with van der Waals surface area (Å²) in [6.07, 6.45) is 2.18. The lowest BCUT2D eigenvalue weighted by Gasteiger charge is -2.31. The van der Waals surface area contributed by atoms with Crippen molar-refractivity contribution in [2.75, 3.05) is 19.6 Å². The fourth-order valence-corrected chi connectivity index (χ4v) is 4.55. The number of piperidine rings is 1. The summed E-state index contributed by atoms with van der Waals surface area (Å²) in [6.45, 7) is 1.27. The Morgan fingerprint density at radius 2 is 1.54 bits per heavy atom. The Bertz CT molecular complexity index is 1030. The normalized spacial score (nSPS) is 18.7. The fraction of sp³-hybridized carbons (Fsp3) is 0.407. The summed E-state index contributed by atoms with van der Waals surface area (Å²) in [5.74, 6) is -0.589. The number of likely N-dealkylation sites (tertiary alicyclic amines) is 2. The molecule has 0 aromatic heterocycles. The molecule has 2 atom stereocenters. The van der Waals surface area contributed by atoms with Gasteiger partial charge in [-0.1, -0.05) is 60.7 Å². The van der Waals surface area contributed by atoms with E-state index in [1.807, 2.05) is 60.7 Å². The van der Waals surface area contributed by atoms with Gasteiger partial charge in [0.15, 0.2) is 0 Å². The number of rotatable bonds is 7. The second kappa shape index (κ2) is 11.6. The van der Waals surface area contributed by atoms with Crippen molar-refractivity contribution < 1.29 is 23.9 Å². The Morgan fingerprint density at radius 3 is 2.20 bits per heavy atom. The van der Waals surface area contributed by atoms with Gasteiger partial charge in [0.1, 0.15) is 24.5 Å². The highest BCUT2D eigenvalue weighted by molar-refractivity contribution is 5.91. The molecular formula is C27H31N3O5. The lowest BCUT2D eigenvalue weighted by molar-refractivity contribution is -0.155. The quantitative estimate of drug-likeness (QED) is 0.619. The first-order valence-corrected chi connectivity index (χ1v) is 12.1. The third-order valence-corrected chi connectivity index (χ3v) is 6.52. The average Bonchev–Trinajstić information content (AvgIpc) is 3.38. The smallest absolute Gasteiger partial charge is 0.329 e. The first kappa shape index (κ1) is 24.4. The van der Waals surface area contributed by atoms with E-state index in [4.69, 9.17) is 4.74 Å². The molecule has 2 aliphatic rings. The standard InChI is InChI=1S/C27H31N3O5/c31-22-13-16-29(17-14-22)27(34)28-23(18-20-8-3-1-4-9-20)25(32)30-15-7-12-24(30)26(33)35-19-21-10-5-2-6-11-21/h1-6,8-11,23-24H,7,12-19H2,(H,28,34)/t23-,24-/m0/s1. The van der Waals surface area contributed by atoms with Gasteiger partial charge < -0.3 is 19.9 Å². The molecule has 0 unspecified atom stereocenters. The van der Waals surface area contributed by atoms with E-state index in [0.717, 1.165) is 11.1 Å². The zero-order chi connectivity index (χ0) is 24.6. The summed E-state index contributed by atoms with van der Waals surface area (Å²) >= 11 is 0. The second-order valence-electron chi connectivity index (χ2n) is 9.00. The number of urea groups is 1. The van der Waals surface area contributed by atoms with Gasteiger partial charge in [-0.25, -0.2) is 9.59 Å². The molecule has 8 nitrogen and oxygen atoms in total. The van der Waals surface area contributed by atoms with Crippen LogP contribution in [0.4, 0.5) is 4.79 Å². The van der Waals surface area contributed by atoms with E-state index < -0.39 is 18.1 Å². The van der Waals surface area contributed by atoms with Crippen LogP contribution in [0, 0.1) is 0 Å². The van der Waals surface area contributed by atoms with E-state index in [1.54, 1.807) is 9.80 Å². The lowest BCUT2D eigenvalue weighted by atomic mass is 10.0. The van der Waals surface area contributed by atoms with Gasteiger partial charge in [0.25, 0.3) is 0 Å². The van der Waals surface area contributed by atoms with Crippen molar-refractivity contribution in [1.29, 1.82) is 0 Å². The largest absolute Gasteiger partial charge is 0.459 e. The Morgan fingerprint density at radius 1 is 0.914 bits per heavy atom. The number of nitrogens with zero attached hydrogens (tertiary/aromatic N) is 2. The van der Waals surface area contributed by atoms with E-state index in [-0.39, 0.29) is 24.3 Å². The number of ketones is 1. The zero-order valence-electron chi connectivity index (χ0n) is 19.7. The summed E-state index contributed by atoms with van der Waals surface area (Å²) in [6, 6.07) is 17.0. The van der Waals surface area contributed by atoms with Gasteiger partial charge in [-0.3, -0.25) is 9.59 Å². The Labute approximate surface area is 205 Å². The molecule has 0 aliphatic carbocycles. The topological polar surface area (TPSA) is 96.0 Å². The molecule has 2 saturated heterocycles. The van der Waals surface area contributed by atoms with Crippen molar-refractivity contribution in [3.8, 4) is 0 Å². The first-order chi connectivity index (χ1) is 17.0. The third kappa shape index (κ3) is 6.47. The van der Waals surface area contributed by atoms with E-state index in [9.17, 15) is 19.2 Å². The zero-order valence-corrected chi connectivity index (χ0v) is 19.7. The Balaban J connectivity index is 1.44. The molecule has 2 fully saturated rings. The highest BCUT2D eigenvalue weighted by Gasteiger charge is 2.39. The van der Waals surface area contributed by atoms with Gasteiger partial charge in [0.2, 0.25) is 5.91 Å². The second-order valence-corrected chi connectivity index (χ2v) is 9.00. The van der Waals surface area contributed by atoms with Crippen LogP contribution in [0.5, 0.6) is 0 Å². The molecule has 0 saturated carbocycles. The molecule has 4 rings (SSSR count). The van der Waals surface area contributed by atoms with Gasteiger partial charge in [-0.15, -0.1) is 0 Å². The maximum atomic E-state index is 13.6. The molecule has 184 valence electrons. The van der Waals surface area contributed by atoms with Gasteiger partial charge in [-0.05, 0) is 24.0 Å². The number of amides is 3. The number of ether oxygens (including phenoxy) is 1. The first-order valence-electron chi connectivity index (χ1n) is 12.1. The summed E-state index contributed by atoms with van der Waals surface area (Å²) in [4.78, 5) is 54.1. The van der Waals surface area contributed by atoms with Crippen molar-refractivity contribution in [3.63, 3.8) is 0 Å². The monoisotopic (exact) mass is 477 g/mol. The van der Waals surface area contributed by atoms with Crippen molar-refractivity contribution in [2.24, 2.45) is 0 Å². The summed E-state index contributed by atoms with van der Waals surface area (Å²) in [7, 11) is 0.